The highest BCUT2D eigenvalue weighted by Crippen LogP contribution is 2.27. The maximum absolute atomic E-state index is 12.2. The summed E-state index contributed by atoms with van der Waals surface area (Å²) < 4.78 is 5.69. The van der Waals surface area contributed by atoms with E-state index in [9.17, 15) is 4.79 Å². The highest BCUT2D eigenvalue weighted by molar-refractivity contribution is 5.96. The van der Waals surface area contributed by atoms with Crippen LogP contribution in [-0.4, -0.2) is 25.0 Å². The van der Waals surface area contributed by atoms with Crippen LogP contribution in [0.3, 0.4) is 0 Å². The summed E-state index contributed by atoms with van der Waals surface area (Å²) in [5, 5.41) is 3.36. The van der Waals surface area contributed by atoms with Crippen molar-refractivity contribution in [1.29, 1.82) is 0 Å². The van der Waals surface area contributed by atoms with Crippen molar-refractivity contribution >= 4 is 5.78 Å². The van der Waals surface area contributed by atoms with E-state index in [0.717, 1.165) is 37.2 Å². The number of hydrogen-bond acceptors (Lipinski definition) is 3. The summed E-state index contributed by atoms with van der Waals surface area (Å²) in [5.41, 5.74) is 0.814. The van der Waals surface area contributed by atoms with E-state index < -0.39 is 0 Å². The molecular weight excluding hydrogens is 238 g/mol. The number of carbonyl (C=O) groups is 1. The molecule has 3 rings (SSSR count). The molecule has 1 atom stereocenters. The van der Waals surface area contributed by atoms with Crippen LogP contribution in [0.1, 0.15) is 42.5 Å². The van der Waals surface area contributed by atoms with Crippen LogP contribution in [0.15, 0.2) is 24.3 Å². The van der Waals surface area contributed by atoms with Crippen LogP contribution in [0.5, 0.6) is 5.75 Å². The van der Waals surface area contributed by atoms with Gasteiger partial charge in [-0.25, -0.2) is 0 Å². The first-order valence-corrected chi connectivity index (χ1v) is 7.32. The van der Waals surface area contributed by atoms with Gasteiger partial charge in [-0.15, -0.1) is 0 Å². The maximum Gasteiger partial charge on any atom is 0.163 e. The van der Waals surface area contributed by atoms with E-state index in [2.05, 4.69) is 5.32 Å². The summed E-state index contributed by atoms with van der Waals surface area (Å²) in [5.74, 6) is 1.65. The molecule has 0 spiro atoms. The molecule has 1 heterocycles. The van der Waals surface area contributed by atoms with Crippen LogP contribution in [0, 0.1) is 5.92 Å². The summed E-state index contributed by atoms with van der Waals surface area (Å²) in [4.78, 5) is 12.2. The number of Topliss-reactive ketones (excluding diaryl/α,β-unsaturated/α-hetero) is 1. The molecule has 1 N–H and O–H groups in total. The fourth-order valence-corrected chi connectivity index (χ4v) is 2.58. The van der Waals surface area contributed by atoms with Crippen molar-refractivity contribution in [1.82, 2.24) is 5.32 Å². The fraction of sp³-hybridized carbons (Fsp3) is 0.562. The molecule has 1 saturated heterocycles. The van der Waals surface area contributed by atoms with Gasteiger partial charge in [0.2, 0.25) is 0 Å². The van der Waals surface area contributed by atoms with Crippen molar-refractivity contribution in [2.45, 2.75) is 38.2 Å². The molecule has 0 radical (unpaired) electrons. The van der Waals surface area contributed by atoms with Gasteiger partial charge in [-0.05, 0) is 69.0 Å². The number of ketones is 1. The zero-order valence-corrected chi connectivity index (χ0v) is 11.2. The third-order valence-electron chi connectivity index (χ3n) is 3.88. The van der Waals surface area contributed by atoms with Crippen LogP contribution in [-0.2, 0) is 0 Å². The molecule has 3 nitrogen and oxygen atoms in total. The minimum atomic E-state index is 0.256. The SMILES string of the molecule is O=C(CC1CCCNC1)c1ccc(OC2CC2)cc1. The zero-order chi connectivity index (χ0) is 13.1. The molecule has 0 bridgehead atoms. The minimum Gasteiger partial charge on any atom is -0.490 e. The molecule has 0 aromatic heterocycles. The predicted octanol–water partition coefficient (Wildman–Crippen LogP) is 2.80. The van der Waals surface area contributed by atoms with Crippen LogP contribution in [0.2, 0.25) is 0 Å². The van der Waals surface area contributed by atoms with E-state index >= 15 is 0 Å². The highest BCUT2D eigenvalue weighted by Gasteiger charge is 2.23. The molecule has 1 unspecified atom stereocenters. The molecule has 1 aromatic rings. The topological polar surface area (TPSA) is 38.3 Å². The average Bonchev–Trinajstić information content (AvgIpc) is 3.25. The third kappa shape index (κ3) is 3.57. The molecular formula is C16H21NO2. The first-order chi connectivity index (χ1) is 9.31. The summed E-state index contributed by atoms with van der Waals surface area (Å²) >= 11 is 0. The number of nitrogens with one attached hydrogen (secondary N) is 1. The lowest BCUT2D eigenvalue weighted by atomic mass is 9.92. The first kappa shape index (κ1) is 12.7. The Kier molecular flexibility index (Phi) is 3.83. The van der Waals surface area contributed by atoms with Gasteiger partial charge in [-0.3, -0.25) is 4.79 Å². The summed E-state index contributed by atoms with van der Waals surface area (Å²) in [6.07, 6.45) is 5.75. The quantitative estimate of drug-likeness (QED) is 0.826. The van der Waals surface area contributed by atoms with E-state index in [1.54, 1.807) is 0 Å². The maximum atomic E-state index is 12.2. The van der Waals surface area contributed by atoms with Crippen molar-refractivity contribution in [3.63, 3.8) is 0 Å². The number of benzene rings is 1. The third-order valence-corrected chi connectivity index (χ3v) is 3.88. The number of rotatable bonds is 5. The Morgan fingerprint density at radius 3 is 2.63 bits per heavy atom. The van der Waals surface area contributed by atoms with Crippen molar-refractivity contribution < 1.29 is 9.53 Å². The van der Waals surface area contributed by atoms with Gasteiger partial charge in [-0.2, -0.15) is 0 Å². The highest BCUT2D eigenvalue weighted by atomic mass is 16.5. The molecule has 3 heteroatoms. The van der Waals surface area contributed by atoms with Gasteiger partial charge in [0.1, 0.15) is 5.75 Å². The lowest BCUT2D eigenvalue weighted by Crippen LogP contribution is -2.31. The van der Waals surface area contributed by atoms with E-state index in [-0.39, 0.29) is 5.78 Å². The monoisotopic (exact) mass is 259 g/mol. The lowest BCUT2D eigenvalue weighted by molar-refractivity contribution is 0.0954. The molecule has 1 saturated carbocycles. The first-order valence-electron chi connectivity index (χ1n) is 7.32. The summed E-state index contributed by atoms with van der Waals surface area (Å²) in [7, 11) is 0. The number of ether oxygens (including phenoxy) is 1. The second-order valence-corrected chi connectivity index (χ2v) is 5.68. The Balaban J connectivity index is 1.55. The molecule has 2 fully saturated rings. The van der Waals surface area contributed by atoms with Crippen LogP contribution in [0.4, 0.5) is 0 Å². The number of piperidine rings is 1. The standard InChI is InChI=1S/C16H21NO2/c18-16(10-12-2-1-9-17-11-12)13-3-5-14(6-4-13)19-15-7-8-15/h3-6,12,15,17H,1-2,7-11H2. The van der Waals surface area contributed by atoms with Gasteiger partial charge in [0.05, 0.1) is 6.10 Å². The van der Waals surface area contributed by atoms with Gasteiger partial charge in [0, 0.05) is 12.0 Å². The van der Waals surface area contributed by atoms with Crippen molar-refractivity contribution in [2.75, 3.05) is 13.1 Å². The van der Waals surface area contributed by atoms with Gasteiger partial charge in [0.15, 0.2) is 5.78 Å². The number of carbonyl (C=O) groups excluding carboxylic acids is 1. The molecule has 19 heavy (non-hydrogen) atoms. The van der Waals surface area contributed by atoms with Crippen LogP contribution >= 0.6 is 0 Å². The van der Waals surface area contributed by atoms with E-state index in [0.29, 0.717) is 18.4 Å². The Labute approximate surface area is 114 Å². The zero-order valence-electron chi connectivity index (χ0n) is 11.2. The molecule has 2 aliphatic rings. The Morgan fingerprint density at radius 1 is 1.21 bits per heavy atom. The van der Waals surface area contributed by atoms with Crippen molar-refractivity contribution in [3.05, 3.63) is 29.8 Å². The van der Waals surface area contributed by atoms with E-state index in [1.165, 1.54) is 12.8 Å². The van der Waals surface area contributed by atoms with Crippen LogP contribution < -0.4 is 10.1 Å². The lowest BCUT2D eigenvalue weighted by Gasteiger charge is -2.21. The molecule has 1 aromatic carbocycles. The largest absolute Gasteiger partial charge is 0.490 e. The normalized spacial score (nSPS) is 23.1. The smallest absolute Gasteiger partial charge is 0.163 e. The van der Waals surface area contributed by atoms with E-state index in [4.69, 9.17) is 4.74 Å². The van der Waals surface area contributed by atoms with Gasteiger partial charge < -0.3 is 10.1 Å². The van der Waals surface area contributed by atoms with Gasteiger partial charge in [0.25, 0.3) is 0 Å². The van der Waals surface area contributed by atoms with Gasteiger partial charge >= 0.3 is 0 Å². The second kappa shape index (κ2) is 5.74. The second-order valence-electron chi connectivity index (χ2n) is 5.68. The molecule has 1 aliphatic carbocycles. The van der Waals surface area contributed by atoms with E-state index in [1.807, 2.05) is 24.3 Å². The average molecular weight is 259 g/mol. The molecule has 0 amide bonds. The Morgan fingerprint density at radius 2 is 2.00 bits per heavy atom. The summed E-state index contributed by atoms with van der Waals surface area (Å²) in [6.45, 7) is 2.08. The Bertz CT molecular complexity index is 431. The van der Waals surface area contributed by atoms with Crippen LogP contribution in [0.25, 0.3) is 0 Å². The Hall–Kier alpha value is -1.35. The number of hydrogen-bond donors (Lipinski definition) is 1. The predicted molar refractivity (Wildman–Crippen MR) is 74.6 cm³/mol. The molecule has 1 aliphatic heterocycles. The fourth-order valence-electron chi connectivity index (χ4n) is 2.58. The molecule has 102 valence electrons. The van der Waals surface area contributed by atoms with Crippen molar-refractivity contribution in [3.8, 4) is 5.75 Å². The van der Waals surface area contributed by atoms with Crippen molar-refractivity contribution in [2.24, 2.45) is 5.92 Å². The minimum absolute atomic E-state index is 0.256. The van der Waals surface area contributed by atoms with Gasteiger partial charge in [-0.1, -0.05) is 0 Å². The summed E-state index contributed by atoms with van der Waals surface area (Å²) in [6, 6.07) is 7.64.